The number of Topliss-reactive ketones (excluding diaryl/α,β-unsaturated/α-hetero) is 1. The van der Waals surface area contributed by atoms with E-state index in [1.54, 1.807) is 0 Å². The maximum Gasteiger partial charge on any atom is 0.306 e. The lowest BCUT2D eigenvalue weighted by molar-refractivity contribution is -0.150. The van der Waals surface area contributed by atoms with Crippen LogP contribution in [0.25, 0.3) is 0 Å². The largest absolute Gasteiger partial charge is 0.462 e. The molecule has 1 unspecified atom stereocenters. The van der Waals surface area contributed by atoms with Gasteiger partial charge in [-0.15, -0.1) is 0 Å². The molecule has 0 N–H and O–H groups in total. The highest BCUT2D eigenvalue weighted by atomic mass is 32.2. The van der Waals surface area contributed by atoms with E-state index in [9.17, 15) is 9.59 Å². The Labute approximate surface area is 209 Å². The van der Waals surface area contributed by atoms with Crippen LogP contribution in [0.15, 0.2) is 12.2 Å². The number of ketones is 1. The zero-order chi connectivity index (χ0) is 24.5. The van der Waals surface area contributed by atoms with Crippen molar-refractivity contribution in [2.24, 2.45) is 0 Å². The van der Waals surface area contributed by atoms with E-state index >= 15 is 0 Å². The fraction of sp³-hybridized carbons (Fsp3) is 0.840. The number of carbonyl (C=O) groups is 2. The molecular formula is C25H44O8S. The topological polar surface area (TPSA) is 89.5 Å². The van der Waals surface area contributed by atoms with Crippen LogP contribution >= 0.6 is 12.0 Å². The van der Waals surface area contributed by atoms with Gasteiger partial charge in [0.05, 0.1) is 52.9 Å². The number of hydrogen-bond acceptors (Lipinski definition) is 9. The van der Waals surface area contributed by atoms with Gasteiger partial charge in [0.2, 0.25) is 0 Å². The lowest BCUT2D eigenvalue weighted by atomic mass is 10.0. The SMILES string of the molecule is CSOCCCC(=O)CCOCCOCCOCCOCCCC(=O)OC1CC/C=C/CCC1. The van der Waals surface area contributed by atoms with Crippen LogP contribution in [-0.4, -0.2) is 83.6 Å². The van der Waals surface area contributed by atoms with E-state index in [0.717, 1.165) is 38.5 Å². The van der Waals surface area contributed by atoms with Gasteiger partial charge >= 0.3 is 5.97 Å². The van der Waals surface area contributed by atoms with Gasteiger partial charge in [-0.2, -0.15) is 0 Å². The minimum Gasteiger partial charge on any atom is -0.462 e. The molecule has 1 rings (SSSR count). The Balaban J connectivity index is 1.77. The van der Waals surface area contributed by atoms with Crippen molar-refractivity contribution in [2.45, 2.75) is 70.3 Å². The summed E-state index contributed by atoms with van der Waals surface area (Å²) in [6.07, 6.45) is 14.1. The van der Waals surface area contributed by atoms with Crippen molar-refractivity contribution in [3.05, 3.63) is 12.2 Å². The fourth-order valence-electron chi connectivity index (χ4n) is 3.29. The average Bonchev–Trinajstić information content (AvgIpc) is 2.81. The van der Waals surface area contributed by atoms with Gasteiger partial charge in [-0.25, -0.2) is 0 Å². The van der Waals surface area contributed by atoms with Gasteiger partial charge in [0, 0.05) is 32.1 Å². The van der Waals surface area contributed by atoms with Crippen molar-refractivity contribution >= 4 is 23.8 Å². The Morgan fingerprint density at radius 2 is 1.35 bits per heavy atom. The fourth-order valence-corrected chi connectivity index (χ4v) is 3.58. The smallest absolute Gasteiger partial charge is 0.306 e. The first-order valence-electron chi connectivity index (χ1n) is 12.5. The van der Waals surface area contributed by atoms with Crippen LogP contribution < -0.4 is 0 Å². The van der Waals surface area contributed by atoms with E-state index in [-0.39, 0.29) is 17.9 Å². The summed E-state index contributed by atoms with van der Waals surface area (Å²) in [6, 6.07) is 0. The van der Waals surface area contributed by atoms with E-state index < -0.39 is 0 Å². The maximum atomic E-state index is 12.0. The third-order valence-corrected chi connectivity index (χ3v) is 5.53. The zero-order valence-corrected chi connectivity index (χ0v) is 21.7. The number of rotatable bonds is 22. The minimum absolute atomic E-state index is 0.0603. The maximum absolute atomic E-state index is 12.0. The van der Waals surface area contributed by atoms with Crippen LogP contribution in [0.5, 0.6) is 0 Å². The van der Waals surface area contributed by atoms with Gasteiger partial charge in [-0.1, -0.05) is 12.2 Å². The monoisotopic (exact) mass is 504 g/mol. The first-order valence-corrected chi connectivity index (χ1v) is 13.7. The normalized spacial score (nSPS) is 17.1. The lowest BCUT2D eigenvalue weighted by Gasteiger charge is -2.18. The second kappa shape index (κ2) is 23.8. The first kappa shape index (κ1) is 31.1. The standard InChI is InChI=1S/C25H44O8S/c1-34-32-15-7-9-23(26)13-16-29-18-20-31-22-21-30-19-17-28-14-8-12-25(27)33-24-10-5-3-2-4-6-11-24/h2-3,24H,4-22H2,1H3/b3-2+. The van der Waals surface area contributed by atoms with Crippen LogP contribution in [0.4, 0.5) is 0 Å². The molecule has 0 saturated carbocycles. The van der Waals surface area contributed by atoms with Gasteiger partial charge in [0.25, 0.3) is 0 Å². The van der Waals surface area contributed by atoms with E-state index in [1.807, 2.05) is 6.26 Å². The summed E-state index contributed by atoms with van der Waals surface area (Å²) in [7, 11) is 0. The molecule has 0 aromatic carbocycles. The predicted molar refractivity (Wildman–Crippen MR) is 133 cm³/mol. The van der Waals surface area contributed by atoms with Gasteiger partial charge in [0.1, 0.15) is 11.9 Å². The molecule has 198 valence electrons. The van der Waals surface area contributed by atoms with Crippen LogP contribution in [-0.2, 0) is 37.5 Å². The summed E-state index contributed by atoms with van der Waals surface area (Å²) in [5, 5.41) is 0. The summed E-state index contributed by atoms with van der Waals surface area (Å²) in [5.41, 5.74) is 0. The Morgan fingerprint density at radius 1 is 0.735 bits per heavy atom. The Hall–Kier alpha value is -0.970. The van der Waals surface area contributed by atoms with E-state index in [0.29, 0.717) is 85.1 Å². The summed E-state index contributed by atoms with van der Waals surface area (Å²) in [4.78, 5) is 23.6. The highest BCUT2D eigenvalue weighted by Gasteiger charge is 2.14. The highest BCUT2D eigenvalue weighted by molar-refractivity contribution is 7.93. The molecule has 0 fully saturated rings. The van der Waals surface area contributed by atoms with Crippen LogP contribution in [0.1, 0.15) is 64.2 Å². The van der Waals surface area contributed by atoms with E-state index in [4.69, 9.17) is 27.9 Å². The second-order valence-corrected chi connectivity index (χ2v) is 8.59. The molecule has 34 heavy (non-hydrogen) atoms. The summed E-state index contributed by atoms with van der Waals surface area (Å²) in [6.45, 7) is 4.45. The Morgan fingerprint density at radius 3 is 2.06 bits per heavy atom. The van der Waals surface area contributed by atoms with Gasteiger partial charge in [-0.05, 0) is 57.0 Å². The van der Waals surface area contributed by atoms with Crippen molar-refractivity contribution in [2.75, 3.05) is 65.7 Å². The molecule has 1 atom stereocenters. The van der Waals surface area contributed by atoms with Crippen molar-refractivity contribution < 1.29 is 37.5 Å². The number of ether oxygens (including phenoxy) is 5. The third kappa shape index (κ3) is 20.4. The van der Waals surface area contributed by atoms with Crippen LogP contribution in [0.3, 0.4) is 0 Å². The molecule has 0 aromatic rings. The third-order valence-electron chi connectivity index (χ3n) is 5.13. The van der Waals surface area contributed by atoms with Gasteiger partial charge in [-0.3, -0.25) is 9.59 Å². The molecule has 0 spiro atoms. The van der Waals surface area contributed by atoms with Crippen molar-refractivity contribution in [1.29, 1.82) is 0 Å². The average molecular weight is 505 g/mol. The molecule has 1 aliphatic rings. The number of carbonyl (C=O) groups excluding carboxylic acids is 2. The zero-order valence-electron chi connectivity index (χ0n) is 20.8. The minimum atomic E-state index is -0.126. The molecular weight excluding hydrogens is 460 g/mol. The summed E-state index contributed by atoms with van der Waals surface area (Å²) >= 11 is 1.32. The van der Waals surface area contributed by atoms with E-state index in [1.165, 1.54) is 12.0 Å². The van der Waals surface area contributed by atoms with Crippen LogP contribution in [0.2, 0.25) is 0 Å². The van der Waals surface area contributed by atoms with Crippen molar-refractivity contribution in [3.8, 4) is 0 Å². The molecule has 0 amide bonds. The molecule has 0 aliphatic heterocycles. The van der Waals surface area contributed by atoms with Gasteiger partial charge < -0.3 is 27.9 Å². The van der Waals surface area contributed by atoms with Crippen molar-refractivity contribution in [3.63, 3.8) is 0 Å². The van der Waals surface area contributed by atoms with E-state index in [2.05, 4.69) is 12.2 Å². The molecule has 0 heterocycles. The molecule has 0 aromatic heterocycles. The predicted octanol–water partition coefficient (Wildman–Crippen LogP) is 4.30. The molecule has 1 aliphatic carbocycles. The molecule has 9 heteroatoms. The number of esters is 1. The summed E-state index contributed by atoms with van der Waals surface area (Å²) < 4.78 is 32.5. The van der Waals surface area contributed by atoms with Gasteiger partial charge in [0.15, 0.2) is 0 Å². The number of hydrogen-bond donors (Lipinski definition) is 0. The lowest BCUT2D eigenvalue weighted by Crippen LogP contribution is -2.19. The second-order valence-electron chi connectivity index (χ2n) is 8.03. The van der Waals surface area contributed by atoms with Crippen molar-refractivity contribution in [1.82, 2.24) is 0 Å². The number of allylic oxidation sites excluding steroid dienone is 2. The quantitative estimate of drug-likeness (QED) is 0.0926. The molecule has 8 nitrogen and oxygen atoms in total. The molecule has 0 saturated heterocycles. The first-order chi connectivity index (χ1) is 16.7. The summed E-state index contributed by atoms with van der Waals surface area (Å²) in [5.74, 6) is 0.0723. The Kier molecular flexibility index (Phi) is 21.7. The Bertz CT molecular complexity index is 529. The van der Waals surface area contributed by atoms with Crippen LogP contribution in [0, 0.1) is 0 Å². The highest BCUT2D eigenvalue weighted by Crippen LogP contribution is 2.16. The molecule has 0 bridgehead atoms. The molecule has 0 radical (unpaired) electrons.